The minimum absolute atomic E-state index is 0.0903. The van der Waals surface area contributed by atoms with Gasteiger partial charge in [0, 0.05) is 6.54 Å². The molecular formula is C13H13N3O3S. The number of carboxylic acid groups (broad SMARTS) is 1. The molecule has 0 spiro atoms. The molecule has 0 unspecified atom stereocenters. The number of carbonyl (C=O) groups is 2. The topological polar surface area (TPSA) is 96.5 Å². The Morgan fingerprint density at radius 1 is 1.45 bits per heavy atom. The summed E-state index contributed by atoms with van der Waals surface area (Å²) >= 11 is 1.25. The van der Waals surface area contributed by atoms with Crippen molar-refractivity contribution < 1.29 is 14.7 Å². The van der Waals surface area contributed by atoms with E-state index in [4.69, 9.17) is 10.8 Å². The van der Waals surface area contributed by atoms with Crippen LogP contribution in [0.25, 0.3) is 0 Å². The smallest absolute Gasteiger partial charge is 0.335 e. The first-order valence-corrected chi connectivity index (χ1v) is 6.75. The van der Waals surface area contributed by atoms with Gasteiger partial charge >= 0.3 is 5.97 Å². The third-order valence-corrected chi connectivity index (χ3v) is 3.53. The summed E-state index contributed by atoms with van der Waals surface area (Å²) in [5.41, 5.74) is 8.28. The molecule has 2 aromatic rings. The number of nitrogen functional groups attached to an aromatic ring is 1. The number of nitrogens with two attached hydrogens (primary N) is 1. The quantitative estimate of drug-likeness (QED) is 0.841. The molecule has 0 radical (unpaired) electrons. The highest BCUT2D eigenvalue weighted by Crippen LogP contribution is 2.26. The van der Waals surface area contributed by atoms with Crippen molar-refractivity contribution in [1.29, 1.82) is 0 Å². The number of rotatable bonds is 4. The first kappa shape index (κ1) is 14.0. The summed E-state index contributed by atoms with van der Waals surface area (Å²) in [5.74, 6) is -1.26. The molecule has 0 fully saturated rings. The van der Waals surface area contributed by atoms with Crippen LogP contribution in [-0.4, -0.2) is 28.5 Å². The van der Waals surface area contributed by atoms with E-state index in [0.717, 1.165) is 0 Å². The fourth-order valence-electron chi connectivity index (χ4n) is 1.81. The summed E-state index contributed by atoms with van der Waals surface area (Å²) in [7, 11) is 0. The minimum Gasteiger partial charge on any atom is -0.478 e. The molecule has 1 heterocycles. The Morgan fingerprint density at radius 3 is 2.70 bits per heavy atom. The molecule has 0 saturated carbocycles. The maximum absolute atomic E-state index is 12.3. The number of hydrogen-bond acceptors (Lipinski definition) is 5. The second-order valence-corrected chi connectivity index (χ2v) is 4.88. The number of thiazole rings is 1. The molecular weight excluding hydrogens is 278 g/mol. The number of benzene rings is 1. The Morgan fingerprint density at radius 2 is 2.20 bits per heavy atom. The van der Waals surface area contributed by atoms with Crippen molar-refractivity contribution in [1.82, 2.24) is 4.98 Å². The lowest BCUT2D eigenvalue weighted by Crippen LogP contribution is -2.30. The first-order valence-electron chi connectivity index (χ1n) is 5.87. The van der Waals surface area contributed by atoms with Crippen LogP contribution in [0, 0.1) is 0 Å². The number of nitrogens with zero attached hydrogens (tertiary/aromatic N) is 2. The Kier molecular flexibility index (Phi) is 3.99. The number of aromatic nitrogens is 1. The average molecular weight is 291 g/mol. The zero-order valence-electron chi connectivity index (χ0n) is 10.7. The predicted octanol–water partition coefficient (Wildman–Crippen LogP) is 2.09. The molecule has 7 heteroatoms. The van der Waals surface area contributed by atoms with Gasteiger partial charge in [-0.3, -0.25) is 9.78 Å². The van der Waals surface area contributed by atoms with Crippen LogP contribution < -0.4 is 10.6 Å². The molecule has 20 heavy (non-hydrogen) atoms. The Bertz CT molecular complexity index is 640. The lowest BCUT2D eigenvalue weighted by molar-refractivity contribution is 0.0697. The van der Waals surface area contributed by atoms with Crippen LogP contribution in [0.4, 0.5) is 11.4 Å². The van der Waals surface area contributed by atoms with Gasteiger partial charge in [-0.25, -0.2) is 4.79 Å². The van der Waals surface area contributed by atoms with E-state index in [9.17, 15) is 9.59 Å². The molecule has 0 bridgehead atoms. The standard InChI is InChI=1S/C13H13N3O3S/c1-2-16(12(17)11-6-15-7-20-11)10-4-3-8(13(18)19)5-9(10)14/h3-7H,2,14H2,1H3,(H,18,19). The van der Waals surface area contributed by atoms with Crippen molar-refractivity contribution in [2.45, 2.75) is 6.92 Å². The zero-order valence-corrected chi connectivity index (χ0v) is 11.6. The van der Waals surface area contributed by atoms with Crippen molar-refractivity contribution in [2.24, 2.45) is 0 Å². The molecule has 0 atom stereocenters. The van der Waals surface area contributed by atoms with Gasteiger partial charge in [-0.15, -0.1) is 11.3 Å². The highest BCUT2D eigenvalue weighted by atomic mass is 32.1. The van der Waals surface area contributed by atoms with Crippen LogP contribution >= 0.6 is 11.3 Å². The maximum Gasteiger partial charge on any atom is 0.335 e. The van der Waals surface area contributed by atoms with Crippen LogP contribution in [0.15, 0.2) is 29.9 Å². The summed E-state index contributed by atoms with van der Waals surface area (Å²) in [6, 6.07) is 4.32. The van der Waals surface area contributed by atoms with Crippen LogP contribution in [0.5, 0.6) is 0 Å². The van der Waals surface area contributed by atoms with Crippen molar-refractivity contribution in [2.75, 3.05) is 17.2 Å². The molecule has 0 aliphatic rings. The van der Waals surface area contributed by atoms with E-state index in [-0.39, 0.29) is 17.2 Å². The normalized spacial score (nSPS) is 10.2. The molecule has 0 saturated heterocycles. The lowest BCUT2D eigenvalue weighted by Gasteiger charge is -2.22. The molecule has 2 rings (SSSR count). The summed E-state index contributed by atoms with van der Waals surface area (Å²) < 4.78 is 0. The van der Waals surface area contributed by atoms with E-state index in [2.05, 4.69) is 4.98 Å². The number of hydrogen-bond donors (Lipinski definition) is 2. The van der Waals surface area contributed by atoms with Crippen molar-refractivity contribution in [3.63, 3.8) is 0 Å². The van der Waals surface area contributed by atoms with E-state index < -0.39 is 5.97 Å². The van der Waals surface area contributed by atoms with Crippen molar-refractivity contribution in [3.8, 4) is 0 Å². The number of aromatic carboxylic acids is 1. The van der Waals surface area contributed by atoms with Crippen LogP contribution in [0.2, 0.25) is 0 Å². The Balaban J connectivity index is 2.37. The van der Waals surface area contributed by atoms with E-state index in [1.165, 1.54) is 34.6 Å². The van der Waals surface area contributed by atoms with Gasteiger partial charge in [0.05, 0.1) is 28.6 Å². The Labute approximate surface area is 119 Å². The van der Waals surface area contributed by atoms with E-state index in [1.54, 1.807) is 11.6 Å². The molecule has 1 amide bonds. The van der Waals surface area contributed by atoms with Crippen molar-refractivity contribution in [3.05, 3.63) is 40.3 Å². The molecule has 1 aromatic heterocycles. The summed E-state index contributed by atoms with van der Waals surface area (Å²) in [4.78, 5) is 29.1. The number of anilines is 2. The third-order valence-electron chi connectivity index (χ3n) is 2.77. The van der Waals surface area contributed by atoms with Gasteiger partial charge < -0.3 is 15.7 Å². The van der Waals surface area contributed by atoms with E-state index >= 15 is 0 Å². The summed E-state index contributed by atoms with van der Waals surface area (Å²) in [6.45, 7) is 2.25. The van der Waals surface area contributed by atoms with E-state index in [0.29, 0.717) is 17.1 Å². The van der Waals surface area contributed by atoms with Crippen LogP contribution in [0.3, 0.4) is 0 Å². The first-order chi connectivity index (χ1) is 9.54. The summed E-state index contributed by atoms with van der Waals surface area (Å²) in [6.07, 6.45) is 1.50. The number of carbonyl (C=O) groups excluding carboxylic acids is 1. The largest absolute Gasteiger partial charge is 0.478 e. The van der Waals surface area contributed by atoms with E-state index in [1.807, 2.05) is 6.92 Å². The van der Waals surface area contributed by atoms with Gasteiger partial charge in [0.15, 0.2) is 0 Å². The monoisotopic (exact) mass is 291 g/mol. The lowest BCUT2D eigenvalue weighted by atomic mass is 10.1. The average Bonchev–Trinajstić information content (AvgIpc) is 2.94. The van der Waals surface area contributed by atoms with Gasteiger partial charge in [0.25, 0.3) is 5.91 Å². The fourth-order valence-corrected chi connectivity index (χ4v) is 2.38. The fraction of sp³-hybridized carbons (Fsp3) is 0.154. The molecule has 0 aliphatic heterocycles. The number of amides is 1. The zero-order chi connectivity index (χ0) is 14.7. The third kappa shape index (κ3) is 2.62. The SMILES string of the molecule is CCN(C(=O)c1cncs1)c1ccc(C(=O)O)cc1N. The molecule has 1 aromatic carbocycles. The molecule has 0 aliphatic carbocycles. The molecule has 6 nitrogen and oxygen atoms in total. The van der Waals surface area contributed by atoms with Gasteiger partial charge in [0.2, 0.25) is 0 Å². The van der Waals surface area contributed by atoms with Crippen LogP contribution in [0.1, 0.15) is 27.0 Å². The second-order valence-electron chi connectivity index (χ2n) is 3.99. The highest BCUT2D eigenvalue weighted by molar-refractivity contribution is 7.11. The van der Waals surface area contributed by atoms with Crippen LogP contribution in [-0.2, 0) is 0 Å². The van der Waals surface area contributed by atoms with Crippen molar-refractivity contribution >= 4 is 34.6 Å². The number of carboxylic acids is 1. The van der Waals surface area contributed by atoms with Gasteiger partial charge in [-0.1, -0.05) is 0 Å². The predicted molar refractivity (Wildman–Crippen MR) is 77.3 cm³/mol. The second kappa shape index (κ2) is 5.70. The van der Waals surface area contributed by atoms with Gasteiger partial charge in [-0.2, -0.15) is 0 Å². The Hall–Kier alpha value is -2.41. The molecule has 104 valence electrons. The van der Waals surface area contributed by atoms with Gasteiger partial charge in [0.1, 0.15) is 4.88 Å². The molecule has 3 N–H and O–H groups in total. The maximum atomic E-state index is 12.3. The van der Waals surface area contributed by atoms with Gasteiger partial charge in [-0.05, 0) is 25.1 Å². The summed E-state index contributed by atoms with van der Waals surface area (Å²) in [5, 5.41) is 8.91. The highest BCUT2D eigenvalue weighted by Gasteiger charge is 2.20. The minimum atomic E-state index is -1.06.